The molecule has 1 amide bonds. The number of fused-ring (bicyclic) bond motifs is 2. The first-order valence-electron chi connectivity index (χ1n) is 12.9. The quantitative estimate of drug-likeness (QED) is 0.477. The number of allylic oxidation sites excluding steroid dienone is 2. The number of rotatable bonds is 6. The number of pyridine rings is 1. The number of aryl methyl sites for hydroxylation is 1. The third kappa shape index (κ3) is 4.72. The van der Waals surface area contributed by atoms with Crippen LogP contribution in [0.15, 0.2) is 41.0 Å². The van der Waals surface area contributed by atoms with Crippen LogP contribution in [0.1, 0.15) is 43.8 Å². The first kappa shape index (κ1) is 27.6. The lowest BCUT2D eigenvalue weighted by atomic mass is 10.0. The molecule has 1 aliphatic heterocycles. The van der Waals surface area contributed by atoms with Gasteiger partial charge in [-0.2, -0.15) is 0 Å². The van der Waals surface area contributed by atoms with E-state index in [0.29, 0.717) is 17.8 Å². The third-order valence-electron chi connectivity index (χ3n) is 7.46. The Morgan fingerprint density at radius 2 is 1.78 bits per heavy atom. The van der Waals surface area contributed by atoms with E-state index in [0.717, 1.165) is 12.1 Å². The number of anilines is 1. The first-order valence-corrected chi connectivity index (χ1v) is 12.9. The van der Waals surface area contributed by atoms with Crippen LogP contribution in [0.5, 0.6) is 0 Å². The number of piperazine rings is 1. The minimum Gasteiger partial charge on any atom is -0.492 e. The van der Waals surface area contributed by atoms with Gasteiger partial charge in [0.05, 0.1) is 29.6 Å². The van der Waals surface area contributed by atoms with Crippen LogP contribution in [-0.2, 0) is 29.7 Å². The van der Waals surface area contributed by atoms with Crippen LogP contribution in [0, 0.1) is 5.82 Å². The molecule has 13 heteroatoms. The van der Waals surface area contributed by atoms with E-state index < -0.39 is 34.7 Å². The molecule has 2 aliphatic rings. The molecule has 1 fully saturated rings. The fourth-order valence-electron chi connectivity index (χ4n) is 5.22. The van der Waals surface area contributed by atoms with Gasteiger partial charge in [0.1, 0.15) is 23.7 Å². The molecular formula is C28H27FN4O8. The number of carbonyl (C=O) groups excluding carboxylic acids is 3. The summed E-state index contributed by atoms with van der Waals surface area (Å²) < 4.78 is 28.7. The molecule has 214 valence electrons. The molecular weight excluding hydrogens is 539 g/mol. The maximum atomic E-state index is 15.1. The number of aromatic nitrogens is 2. The van der Waals surface area contributed by atoms with Crippen LogP contribution in [0.4, 0.5) is 14.9 Å². The van der Waals surface area contributed by atoms with Crippen molar-refractivity contribution in [2.45, 2.75) is 20.1 Å². The second-order valence-electron chi connectivity index (χ2n) is 9.68. The molecule has 0 bridgehead atoms. The van der Waals surface area contributed by atoms with Gasteiger partial charge in [-0.15, -0.1) is 0 Å². The van der Waals surface area contributed by atoms with E-state index >= 15 is 4.39 Å². The van der Waals surface area contributed by atoms with E-state index in [1.165, 1.54) is 34.9 Å². The molecule has 2 aromatic heterocycles. The summed E-state index contributed by atoms with van der Waals surface area (Å²) in [5.74, 6) is -2.91. The van der Waals surface area contributed by atoms with E-state index in [1.54, 1.807) is 23.4 Å². The Balaban J connectivity index is 1.27. The van der Waals surface area contributed by atoms with Crippen LogP contribution in [-0.4, -0.2) is 76.1 Å². The number of amides is 1. The number of hydrogen-bond donors (Lipinski definition) is 1. The number of hydrogen-bond acceptors (Lipinski definition) is 8. The second kappa shape index (κ2) is 10.6. The van der Waals surface area contributed by atoms with Gasteiger partial charge in [0.15, 0.2) is 5.76 Å². The fraction of sp³-hybridized carbons (Fsp3) is 0.321. The number of methoxy groups -OCH3 is 1. The molecule has 1 N–H and O–H groups in total. The lowest BCUT2D eigenvalue weighted by Crippen LogP contribution is -2.49. The predicted molar refractivity (Wildman–Crippen MR) is 144 cm³/mol. The molecule has 0 unspecified atom stereocenters. The van der Waals surface area contributed by atoms with Gasteiger partial charge < -0.3 is 33.5 Å². The molecule has 1 aromatic carbocycles. The number of Topliss-reactive ketones (excluding diaryl/α,β-unsaturated/α-hetero) is 1. The topological polar surface area (TPSA) is 140 Å². The van der Waals surface area contributed by atoms with Gasteiger partial charge in [0, 0.05) is 57.4 Å². The fourth-order valence-corrected chi connectivity index (χ4v) is 5.22. The molecule has 0 spiro atoms. The molecule has 12 nitrogen and oxygen atoms in total. The van der Waals surface area contributed by atoms with E-state index in [-0.39, 0.29) is 66.7 Å². The number of carboxylic acids is 1. The van der Waals surface area contributed by atoms with Crippen molar-refractivity contribution in [1.29, 1.82) is 0 Å². The van der Waals surface area contributed by atoms with Gasteiger partial charge in [-0.3, -0.25) is 14.4 Å². The smallest absolute Gasteiger partial charge is 0.410 e. The van der Waals surface area contributed by atoms with E-state index in [1.807, 2.05) is 0 Å². The second-order valence-corrected chi connectivity index (χ2v) is 9.68. The normalized spacial score (nSPS) is 15.2. The van der Waals surface area contributed by atoms with Crippen molar-refractivity contribution in [3.63, 3.8) is 0 Å². The van der Waals surface area contributed by atoms with Crippen molar-refractivity contribution in [2.75, 3.05) is 38.2 Å². The zero-order chi connectivity index (χ0) is 29.6. The summed E-state index contributed by atoms with van der Waals surface area (Å²) in [6.45, 7) is 3.03. The number of halogens is 1. The van der Waals surface area contributed by atoms with E-state index in [9.17, 15) is 29.1 Å². The average molecular weight is 567 g/mol. The third-order valence-corrected chi connectivity index (χ3v) is 7.46. The molecule has 0 radical (unpaired) electrons. The standard InChI is InChI=1S/C28H27FN4O8/c1-4-31-13-18(27(37)38)25(35)16-10-19(29)21(11-20(16)31)32-5-7-33(8-6-32)28(39)41-14-15-9-17-24(30(15)2)22(34)12-23(40-3)26(17)36/h9-13H,4-8,14H2,1-3H3,(H,37,38). The highest BCUT2D eigenvalue weighted by molar-refractivity contribution is 6.23. The summed E-state index contributed by atoms with van der Waals surface area (Å²) in [5.41, 5.74) is 0.309. The highest BCUT2D eigenvalue weighted by Gasteiger charge is 2.31. The average Bonchev–Trinajstić information content (AvgIpc) is 3.30. The number of carbonyl (C=O) groups is 4. The van der Waals surface area contributed by atoms with Gasteiger partial charge in [-0.1, -0.05) is 0 Å². The number of carboxylic acid groups (broad SMARTS) is 1. The number of benzene rings is 1. The number of nitrogens with zero attached hydrogens (tertiary/aromatic N) is 4. The molecule has 5 rings (SSSR count). The van der Waals surface area contributed by atoms with Gasteiger partial charge in [0.25, 0.3) is 0 Å². The molecule has 3 heterocycles. The number of aromatic carboxylic acids is 1. The minimum absolute atomic E-state index is 0.0183. The van der Waals surface area contributed by atoms with Gasteiger partial charge in [-0.25, -0.2) is 14.0 Å². The van der Waals surface area contributed by atoms with Gasteiger partial charge in [-0.05, 0) is 25.1 Å². The van der Waals surface area contributed by atoms with Crippen molar-refractivity contribution in [3.05, 3.63) is 74.8 Å². The number of ketones is 2. The Bertz CT molecular complexity index is 1710. The van der Waals surface area contributed by atoms with Crippen molar-refractivity contribution in [3.8, 4) is 0 Å². The highest BCUT2D eigenvalue weighted by atomic mass is 19.1. The maximum Gasteiger partial charge on any atom is 0.410 e. The summed E-state index contributed by atoms with van der Waals surface area (Å²) in [7, 11) is 2.92. The van der Waals surface area contributed by atoms with E-state index in [4.69, 9.17) is 9.47 Å². The van der Waals surface area contributed by atoms with E-state index in [2.05, 4.69) is 0 Å². The van der Waals surface area contributed by atoms with Crippen LogP contribution < -0.4 is 10.3 Å². The van der Waals surface area contributed by atoms with Crippen molar-refractivity contribution >= 4 is 40.2 Å². The Morgan fingerprint density at radius 3 is 2.41 bits per heavy atom. The summed E-state index contributed by atoms with van der Waals surface area (Å²) in [4.78, 5) is 65.1. The Kier molecular flexibility index (Phi) is 7.11. The zero-order valence-electron chi connectivity index (χ0n) is 22.6. The van der Waals surface area contributed by atoms with Crippen molar-refractivity contribution < 1.29 is 38.1 Å². The summed E-state index contributed by atoms with van der Waals surface area (Å²) in [6, 6.07) is 4.09. The summed E-state index contributed by atoms with van der Waals surface area (Å²) >= 11 is 0. The van der Waals surface area contributed by atoms with Crippen LogP contribution in [0.2, 0.25) is 0 Å². The largest absolute Gasteiger partial charge is 0.492 e. The first-order chi connectivity index (χ1) is 19.5. The number of ether oxygens (including phenoxy) is 2. The van der Waals surface area contributed by atoms with Gasteiger partial charge >= 0.3 is 12.1 Å². The monoisotopic (exact) mass is 566 g/mol. The molecule has 3 aromatic rings. The van der Waals surface area contributed by atoms with Gasteiger partial charge in [0.2, 0.25) is 17.0 Å². The van der Waals surface area contributed by atoms with Crippen molar-refractivity contribution in [1.82, 2.24) is 14.0 Å². The Morgan fingerprint density at radius 1 is 1.07 bits per heavy atom. The SMILES string of the molecule is CCn1cc(C(=O)O)c(=O)c2cc(F)c(N3CCN(C(=O)OCc4cc5c(n4C)C(=O)C=C(OC)C5=O)CC3)cc21. The van der Waals surface area contributed by atoms with Crippen LogP contribution in [0.25, 0.3) is 10.9 Å². The molecule has 0 saturated carbocycles. The Labute approximate surface area is 232 Å². The lowest BCUT2D eigenvalue weighted by molar-refractivity contribution is 0.0694. The zero-order valence-corrected chi connectivity index (χ0v) is 22.6. The molecule has 1 saturated heterocycles. The predicted octanol–water partition coefficient (Wildman–Crippen LogP) is 2.57. The van der Waals surface area contributed by atoms with Crippen LogP contribution in [0.3, 0.4) is 0 Å². The van der Waals surface area contributed by atoms with Crippen molar-refractivity contribution in [2.24, 2.45) is 7.05 Å². The summed E-state index contributed by atoms with van der Waals surface area (Å²) in [6.07, 6.45) is 1.79. The molecule has 41 heavy (non-hydrogen) atoms. The lowest BCUT2D eigenvalue weighted by Gasteiger charge is -2.35. The minimum atomic E-state index is -1.38. The summed E-state index contributed by atoms with van der Waals surface area (Å²) in [5, 5.41) is 9.33. The van der Waals surface area contributed by atoms with Crippen LogP contribution >= 0.6 is 0 Å². The maximum absolute atomic E-state index is 15.1. The molecule has 1 aliphatic carbocycles. The highest BCUT2D eigenvalue weighted by Crippen LogP contribution is 2.28. The Hall–Kier alpha value is -4.94. The molecule has 0 atom stereocenters.